The van der Waals surface area contributed by atoms with Crippen LogP contribution in [0.25, 0.3) is 10.8 Å². The number of methoxy groups -OCH3 is 1. The molecule has 1 heterocycles. The zero-order valence-corrected chi connectivity index (χ0v) is 19.0. The van der Waals surface area contributed by atoms with Crippen molar-refractivity contribution in [2.45, 2.75) is 4.34 Å². The lowest BCUT2D eigenvalue weighted by Crippen LogP contribution is -2.14. The van der Waals surface area contributed by atoms with Gasteiger partial charge in [0.15, 0.2) is 4.34 Å². The van der Waals surface area contributed by atoms with E-state index in [9.17, 15) is 14.4 Å². The summed E-state index contributed by atoms with van der Waals surface area (Å²) in [6.07, 6.45) is 0. The van der Waals surface area contributed by atoms with E-state index in [4.69, 9.17) is 0 Å². The molecule has 0 aliphatic heterocycles. The Hall–Kier alpha value is -3.76. The summed E-state index contributed by atoms with van der Waals surface area (Å²) in [6.45, 7) is 0. The highest BCUT2D eigenvalue weighted by Crippen LogP contribution is 2.27. The van der Waals surface area contributed by atoms with E-state index in [0.717, 1.165) is 10.8 Å². The fourth-order valence-corrected chi connectivity index (χ4v) is 4.59. The molecule has 33 heavy (non-hydrogen) atoms. The number of carbonyl (C=O) groups is 3. The van der Waals surface area contributed by atoms with Gasteiger partial charge in [-0.25, -0.2) is 4.79 Å². The minimum atomic E-state index is -0.442. The van der Waals surface area contributed by atoms with Crippen LogP contribution in [-0.4, -0.2) is 40.8 Å². The number of ether oxygens (including phenoxy) is 1. The van der Waals surface area contributed by atoms with Crippen molar-refractivity contribution >= 4 is 62.5 Å². The number of anilines is 2. The molecule has 8 nitrogen and oxygen atoms in total. The van der Waals surface area contributed by atoms with Gasteiger partial charge in [-0.3, -0.25) is 14.9 Å². The molecule has 0 radical (unpaired) electrons. The van der Waals surface area contributed by atoms with Crippen molar-refractivity contribution in [2.24, 2.45) is 0 Å². The van der Waals surface area contributed by atoms with E-state index in [1.807, 2.05) is 36.4 Å². The van der Waals surface area contributed by atoms with E-state index >= 15 is 0 Å². The minimum absolute atomic E-state index is 0.116. The number of carbonyl (C=O) groups excluding carboxylic acids is 3. The van der Waals surface area contributed by atoms with Crippen LogP contribution < -0.4 is 10.6 Å². The van der Waals surface area contributed by atoms with Gasteiger partial charge in [0.2, 0.25) is 11.0 Å². The Morgan fingerprint density at radius 3 is 2.48 bits per heavy atom. The predicted octanol–water partition coefficient (Wildman–Crippen LogP) is 4.46. The molecular weight excluding hydrogens is 460 g/mol. The number of nitrogens with zero attached hydrogens (tertiary/aromatic N) is 2. The first-order valence-corrected chi connectivity index (χ1v) is 11.6. The molecule has 2 N–H and O–H groups in total. The van der Waals surface area contributed by atoms with Crippen LogP contribution in [0.3, 0.4) is 0 Å². The van der Waals surface area contributed by atoms with Crippen molar-refractivity contribution < 1.29 is 19.1 Å². The largest absolute Gasteiger partial charge is 0.465 e. The van der Waals surface area contributed by atoms with Crippen LogP contribution in [0.2, 0.25) is 0 Å². The van der Waals surface area contributed by atoms with Gasteiger partial charge in [-0.05, 0) is 41.1 Å². The first-order chi connectivity index (χ1) is 16.0. The van der Waals surface area contributed by atoms with Crippen molar-refractivity contribution in [3.8, 4) is 0 Å². The average Bonchev–Trinajstić information content (AvgIpc) is 3.29. The number of fused-ring (bicyclic) bond motifs is 1. The van der Waals surface area contributed by atoms with Gasteiger partial charge >= 0.3 is 5.97 Å². The van der Waals surface area contributed by atoms with E-state index in [-0.39, 0.29) is 17.6 Å². The second kappa shape index (κ2) is 10.2. The highest BCUT2D eigenvalue weighted by Gasteiger charge is 2.14. The van der Waals surface area contributed by atoms with Crippen molar-refractivity contribution in [1.82, 2.24) is 10.2 Å². The molecule has 0 unspecified atom stereocenters. The number of thioether (sulfide) groups is 1. The number of hydrogen-bond acceptors (Lipinski definition) is 8. The van der Waals surface area contributed by atoms with Crippen molar-refractivity contribution in [1.29, 1.82) is 0 Å². The number of amides is 2. The van der Waals surface area contributed by atoms with E-state index in [1.165, 1.54) is 30.2 Å². The van der Waals surface area contributed by atoms with Crippen molar-refractivity contribution in [3.05, 3.63) is 77.9 Å². The summed E-state index contributed by atoms with van der Waals surface area (Å²) in [7, 11) is 1.31. The Labute approximate surface area is 197 Å². The molecule has 0 fully saturated rings. The Morgan fingerprint density at radius 2 is 1.70 bits per heavy atom. The van der Waals surface area contributed by atoms with E-state index < -0.39 is 5.97 Å². The molecule has 3 aromatic carbocycles. The van der Waals surface area contributed by atoms with Crippen LogP contribution in [0.4, 0.5) is 10.8 Å². The van der Waals surface area contributed by atoms with Crippen LogP contribution in [0.5, 0.6) is 0 Å². The van der Waals surface area contributed by atoms with Crippen LogP contribution in [0.15, 0.2) is 71.1 Å². The average molecular weight is 479 g/mol. The zero-order chi connectivity index (χ0) is 23.2. The van der Waals surface area contributed by atoms with E-state index in [2.05, 4.69) is 25.6 Å². The van der Waals surface area contributed by atoms with Gasteiger partial charge in [0.25, 0.3) is 5.91 Å². The smallest absolute Gasteiger partial charge is 0.337 e. The van der Waals surface area contributed by atoms with Crippen molar-refractivity contribution in [2.75, 3.05) is 23.5 Å². The lowest BCUT2D eigenvalue weighted by atomic mass is 10.0. The highest BCUT2D eigenvalue weighted by atomic mass is 32.2. The summed E-state index contributed by atoms with van der Waals surface area (Å²) in [5.74, 6) is -0.831. The quantitative estimate of drug-likeness (QED) is 0.229. The van der Waals surface area contributed by atoms with Crippen LogP contribution >= 0.6 is 23.1 Å². The predicted molar refractivity (Wildman–Crippen MR) is 129 cm³/mol. The molecule has 166 valence electrons. The third kappa shape index (κ3) is 5.54. The number of aromatic nitrogens is 2. The van der Waals surface area contributed by atoms with E-state index in [1.54, 1.807) is 30.3 Å². The number of hydrogen-bond donors (Lipinski definition) is 2. The first kappa shape index (κ1) is 22.4. The third-order valence-electron chi connectivity index (χ3n) is 4.58. The van der Waals surface area contributed by atoms with E-state index in [0.29, 0.717) is 26.3 Å². The van der Waals surface area contributed by atoms with Gasteiger partial charge in [0, 0.05) is 11.3 Å². The molecule has 0 aliphatic rings. The normalized spacial score (nSPS) is 10.6. The van der Waals surface area contributed by atoms with Gasteiger partial charge in [-0.2, -0.15) is 0 Å². The molecule has 4 rings (SSSR count). The maximum atomic E-state index is 12.7. The second-order valence-corrected chi connectivity index (χ2v) is 8.96. The minimum Gasteiger partial charge on any atom is -0.465 e. The van der Waals surface area contributed by atoms with Gasteiger partial charge in [-0.15, -0.1) is 10.2 Å². The number of esters is 1. The van der Waals surface area contributed by atoms with Crippen molar-refractivity contribution in [3.63, 3.8) is 0 Å². The molecule has 0 bridgehead atoms. The standard InChI is InChI=1S/C23H18N4O4S2/c1-31-21(30)15-9-11-16(12-10-15)24-19(28)13-32-23-27-26-22(33-23)25-20(29)18-8-4-6-14-5-2-3-7-17(14)18/h2-12H,13H2,1H3,(H,24,28)(H,25,26,29). The summed E-state index contributed by atoms with van der Waals surface area (Å²) < 4.78 is 5.20. The summed E-state index contributed by atoms with van der Waals surface area (Å²) in [6, 6.07) is 19.6. The van der Waals surface area contributed by atoms with Crippen LogP contribution in [0.1, 0.15) is 20.7 Å². The summed E-state index contributed by atoms with van der Waals surface area (Å²) >= 11 is 2.41. The number of rotatable bonds is 7. The lowest BCUT2D eigenvalue weighted by Gasteiger charge is -2.05. The summed E-state index contributed by atoms with van der Waals surface area (Å²) in [5, 5.41) is 15.7. The van der Waals surface area contributed by atoms with Gasteiger partial charge in [0.05, 0.1) is 18.4 Å². The monoisotopic (exact) mass is 478 g/mol. The van der Waals surface area contributed by atoms with Gasteiger partial charge in [0.1, 0.15) is 0 Å². The Kier molecular flexibility index (Phi) is 6.96. The van der Waals surface area contributed by atoms with Crippen LogP contribution in [0, 0.1) is 0 Å². The Balaban J connectivity index is 1.32. The molecule has 2 amide bonds. The highest BCUT2D eigenvalue weighted by molar-refractivity contribution is 8.01. The Bertz CT molecular complexity index is 1320. The zero-order valence-electron chi connectivity index (χ0n) is 17.4. The first-order valence-electron chi connectivity index (χ1n) is 9.77. The van der Waals surface area contributed by atoms with Crippen LogP contribution in [-0.2, 0) is 9.53 Å². The fraction of sp³-hybridized carbons (Fsp3) is 0.0870. The van der Waals surface area contributed by atoms with Gasteiger partial charge < -0.3 is 10.1 Å². The van der Waals surface area contributed by atoms with Gasteiger partial charge in [-0.1, -0.05) is 59.5 Å². The number of benzene rings is 3. The molecule has 0 aliphatic carbocycles. The number of nitrogens with one attached hydrogen (secondary N) is 2. The summed E-state index contributed by atoms with van der Waals surface area (Å²) in [5.41, 5.74) is 1.51. The second-order valence-electron chi connectivity index (χ2n) is 6.76. The maximum Gasteiger partial charge on any atom is 0.337 e. The molecule has 0 spiro atoms. The SMILES string of the molecule is COC(=O)c1ccc(NC(=O)CSc2nnc(NC(=O)c3cccc4ccccc34)s2)cc1. The molecule has 1 aromatic heterocycles. The third-order valence-corrected chi connectivity index (χ3v) is 6.55. The Morgan fingerprint density at radius 1 is 0.939 bits per heavy atom. The molecule has 0 atom stereocenters. The molecule has 0 saturated carbocycles. The summed E-state index contributed by atoms with van der Waals surface area (Å²) in [4.78, 5) is 36.4. The topological polar surface area (TPSA) is 110 Å². The lowest BCUT2D eigenvalue weighted by molar-refractivity contribution is -0.113. The molecular formula is C23H18N4O4S2. The molecule has 0 saturated heterocycles. The fourth-order valence-electron chi connectivity index (χ4n) is 3.04. The maximum absolute atomic E-state index is 12.7. The molecule has 4 aromatic rings. The molecule has 10 heteroatoms.